The maximum atomic E-state index is 12.2. The number of rotatable bonds is 1. The molecule has 0 unspecified atom stereocenters. The van der Waals surface area contributed by atoms with E-state index in [0.717, 1.165) is 9.36 Å². The molecule has 0 spiro atoms. The molecule has 0 radical (unpaired) electrons. The molecule has 108 valence electrons. The monoisotopic (exact) mass is 376 g/mol. The summed E-state index contributed by atoms with van der Waals surface area (Å²) < 4.78 is -2.52. The van der Waals surface area contributed by atoms with Crippen molar-refractivity contribution in [3.05, 3.63) is 24.3 Å². The first-order valence-corrected chi connectivity index (χ1v) is 6.81. The second kappa shape index (κ2) is 5.31. The maximum Gasteiger partial charge on any atom is 0.372 e. The highest BCUT2D eigenvalue weighted by Crippen LogP contribution is 2.52. The van der Waals surface area contributed by atoms with Gasteiger partial charge in [-0.25, -0.2) is 14.8 Å². The Kier molecular flexibility index (Phi) is 4.19. The van der Waals surface area contributed by atoms with E-state index in [1.54, 1.807) is 0 Å². The van der Waals surface area contributed by atoms with Crippen LogP contribution in [0.15, 0.2) is 12.7 Å². The molecule has 0 aliphatic rings. The molecule has 0 saturated heterocycles. The molecule has 12 heteroatoms. The van der Waals surface area contributed by atoms with Crippen LogP contribution in [0.1, 0.15) is 11.6 Å². The third-order valence-corrected chi connectivity index (χ3v) is 4.48. The third-order valence-electron chi connectivity index (χ3n) is 2.15. The average Bonchev–Trinajstić information content (AvgIpc) is 2.95. The summed E-state index contributed by atoms with van der Waals surface area (Å²) in [6.07, 6.45) is 2.34. The van der Waals surface area contributed by atoms with Crippen molar-refractivity contribution in [3.63, 3.8) is 0 Å². The number of hydrogen-bond donors (Lipinski definition) is 0. The van der Waals surface area contributed by atoms with Crippen molar-refractivity contribution in [1.29, 1.82) is 0 Å². The quantitative estimate of drug-likeness (QED) is 0.713. The van der Waals surface area contributed by atoms with Gasteiger partial charge >= 0.3 is 6.03 Å². The number of alkyl halides is 5. The second-order valence-electron chi connectivity index (χ2n) is 3.59. The van der Waals surface area contributed by atoms with Gasteiger partial charge in [0, 0.05) is 0 Å². The molecule has 0 N–H and O–H groups in total. The Labute approximate surface area is 137 Å². The molecular formula is C8H5Cl5N6O. The number of aryl methyl sites for hydroxylation is 1. The lowest BCUT2D eigenvalue weighted by Crippen LogP contribution is -2.35. The Morgan fingerprint density at radius 1 is 1.25 bits per heavy atom. The zero-order chi connectivity index (χ0) is 15.1. The average molecular weight is 378 g/mol. The summed E-state index contributed by atoms with van der Waals surface area (Å²) in [4.78, 5) is 19.8. The van der Waals surface area contributed by atoms with Crippen LogP contribution in [0.3, 0.4) is 0 Å². The van der Waals surface area contributed by atoms with Crippen molar-refractivity contribution in [1.82, 2.24) is 29.5 Å². The Morgan fingerprint density at radius 2 is 1.90 bits per heavy atom. The highest BCUT2D eigenvalue weighted by Gasteiger charge is 2.52. The largest absolute Gasteiger partial charge is 0.372 e. The van der Waals surface area contributed by atoms with Crippen LogP contribution in [-0.4, -0.2) is 39.4 Å². The highest BCUT2D eigenvalue weighted by molar-refractivity contribution is 6.75. The van der Waals surface area contributed by atoms with Crippen molar-refractivity contribution < 1.29 is 4.79 Å². The van der Waals surface area contributed by atoms with Crippen LogP contribution in [0, 0.1) is 6.92 Å². The number of hydrogen-bond acceptors (Lipinski definition) is 5. The predicted octanol–water partition coefficient (Wildman–Crippen LogP) is 2.70. The van der Waals surface area contributed by atoms with Gasteiger partial charge in [0.1, 0.15) is 18.5 Å². The topological polar surface area (TPSA) is 78.5 Å². The number of nitrogens with zero attached hydrogens (tertiary/aromatic N) is 6. The lowest BCUT2D eigenvalue weighted by atomic mass is 10.4. The maximum absolute atomic E-state index is 12.2. The molecule has 7 nitrogen and oxygen atoms in total. The van der Waals surface area contributed by atoms with Crippen LogP contribution in [-0.2, 0) is 4.33 Å². The van der Waals surface area contributed by atoms with E-state index in [1.807, 2.05) is 0 Å². The summed E-state index contributed by atoms with van der Waals surface area (Å²) >= 11 is 29.2. The third kappa shape index (κ3) is 2.73. The van der Waals surface area contributed by atoms with E-state index < -0.39 is 14.2 Å². The molecule has 0 saturated carbocycles. The molecule has 0 amide bonds. The summed E-state index contributed by atoms with van der Waals surface area (Å²) in [7, 11) is 0. The fraction of sp³-hybridized carbons (Fsp3) is 0.375. The van der Waals surface area contributed by atoms with Crippen molar-refractivity contribution in [3.8, 4) is 0 Å². The van der Waals surface area contributed by atoms with Gasteiger partial charge in [0.25, 0.3) is 0 Å². The Morgan fingerprint density at radius 3 is 2.40 bits per heavy atom. The second-order valence-corrected chi connectivity index (χ2v) is 7.20. The molecule has 0 aliphatic heterocycles. The van der Waals surface area contributed by atoms with Crippen LogP contribution in [0.2, 0.25) is 0 Å². The summed E-state index contributed by atoms with van der Waals surface area (Å²) in [5.74, 6) is -0.0211. The predicted molar refractivity (Wildman–Crippen MR) is 74.6 cm³/mol. The van der Waals surface area contributed by atoms with Crippen molar-refractivity contribution in [2.45, 2.75) is 15.0 Å². The van der Waals surface area contributed by atoms with Gasteiger partial charge in [0.2, 0.25) is 8.13 Å². The smallest absolute Gasteiger partial charge is 0.243 e. The number of aromatic nitrogens is 6. The molecule has 2 heterocycles. The standard InChI is InChI=1S/C8H5Cl5N6O/c1-4-16-5(7(9,10)8(11,12)13)19(17-4)6(20)18-3-14-2-15-18/h2-3H,1H3. The van der Waals surface area contributed by atoms with Gasteiger partial charge in [-0.3, -0.25) is 0 Å². The fourth-order valence-electron chi connectivity index (χ4n) is 1.28. The Bertz CT molecular complexity index is 630. The lowest BCUT2D eigenvalue weighted by Gasteiger charge is -2.25. The van der Waals surface area contributed by atoms with Gasteiger partial charge in [-0.2, -0.15) is 14.5 Å². The molecule has 0 bridgehead atoms. The van der Waals surface area contributed by atoms with E-state index in [-0.39, 0.29) is 11.6 Å². The zero-order valence-corrected chi connectivity index (χ0v) is 13.4. The van der Waals surface area contributed by atoms with E-state index in [2.05, 4.69) is 20.2 Å². The van der Waals surface area contributed by atoms with Gasteiger partial charge < -0.3 is 0 Å². The van der Waals surface area contributed by atoms with E-state index >= 15 is 0 Å². The molecule has 0 fully saturated rings. The summed E-state index contributed by atoms with van der Waals surface area (Å²) in [6.45, 7) is 1.52. The minimum Gasteiger partial charge on any atom is -0.243 e. The van der Waals surface area contributed by atoms with Gasteiger partial charge in [-0.15, -0.1) is 5.10 Å². The molecule has 0 aromatic carbocycles. The van der Waals surface area contributed by atoms with Gasteiger partial charge in [-0.1, -0.05) is 58.0 Å². The summed E-state index contributed by atoms with van der Waals surface area (Å²) in [6, 6.07) is -0.724. The Balaban J connectivity index is 2.55. The Hall–Kier alpha value is -0.600. The highest BCUT2D eigenvalue weighted by atomic mass is 35.6. The van der Waals surface area contributed by atoms with Gasteiger partial charge in [-0.05, 0) is 6.92 Å². The van der Waals surface area contributed by atoms with Crippen molar-refractivity contribution in [2.24, 2.45) is 0 Å². The first-order valence-electron chi connectivity index (χ1n) is 4.92. The first kappa shape index (κ1) is 15.8. The van der Waals surface area contributed by atoms with E-state index in [9.17, 15) is 4.79 Å². The normalized spacial score (nSPS) is 12.7. The summed E-state index contributed by atoms with van der Waals surface area (Å²) in [5.41, 5.74) is 0. The van der Waals surface area contributed by atoms with Gasteiger partial charge in [0.05, 0.1) is 0 Å². The molecule has 0 aliphatic carbocycles. The SMILES string of the molecule is Cc1nc(C(Cl)(Cl)C(Cl)(Cl)Cl)n(C(=O)n2cncn2)n1. The molecule has 2 aromatic rings. The number of halogens is 5. The molecule has 2 aromatic heterocycles. The number of carbonyl (C=O) groups is 1. The van der Waals surface area contributed by atoms with Crippen LogP contribution >= 0.6 is 58.0 Å². The molecule has 20 heavy (non-hydrogen) atoms. The molecule has 0 atom stereocenters. The van der Waals surface area contributed by atoms with E-state index in [4.69, 9.17) is 58.0 Å². The van der Waals surface area contributed by atoms with Crippen LogP contribution in [0.4, 0.5) is 4.79 Å². The van der Waals surface area contributed by atoms with Crippen molar-refractivity contribution in [2.75, 3.05) is 0 Å². The zero-order valence-electron chi connectivity index (χ0n) is 9.64. The number of carbonyl (C=O) groups excluding carboxylic acids is 1. The van der Waals surface area contributed by atoms with E-state index in [1.165, 1.54) is 19.6 Å². The minimum atomic E-state index is -2.13. The van der Waals surface area contributed by atoms with E-state index in [0.29, 0.717) is 0 Å². The van der Waals surface area contributed by atoms with Gasteiger partial charge in [0.15, 0.2) is 5.82 Å². The molecular weight excluding hydrogens is 373 g/mol. The lowest BCUT2D eigenvalue weighted by molar-refractivity contribution is 0.237. The molecule has 2 rings (SSSR count). The minimum absolute atomic E-state index is 0.216. The van der Waals surface area contributed by atoms with Crippen LogP contribution in [0.25, 0.3) is 0 Å². The summed E-state index contributed by atoms with van der Waals surface area (Å²) in [5, 5.41) is 7.54. The first-order chi connectivity index (χ1) is 9.14. The van der Waals surface area contributed by atoms with Crippen LogP contribution in [0.5, 0.6) is 0 Å². The van der Waals surface area contributed by atoms with Crippen molar-refractivity contribution >= 4 is 64.0 Å². The van der Waals surface area contributed by atoms with Crippen LogP contribution < -0.4 is 0 Å². The fourth-order valence-corrected chi connectivity index (χ4v) is 1.78.